The molecule has 1 aromatic heterocycles. The Hall–Kier alpha value is -1.98. The van der Waals surface area contributed by atoms with Crippen LogP contribution in [0.5, 0.6) is 5.75 Å². The molecular weight excluding hydrogens is 302 g/mol. The molecule has 1 aromatic carbocycles. The van der Waals surface area contributed by atoms with Gasteiger partial charge in [-0.15, -0.1) is 0 Å². The maximum atomic E-state index is 5.74. The molecule has 1 unspecified atom stereocenters. The number of ether oxygens (including phenoxy) is 2. The standard InChI is InChI=1S/C19H25N3O2/c1-22(11-13-24-18-7-3-2-4-8-18)14-17-9-10-20-19(21-17)16-6-5-12-23-15-16/h2-4,7-10,16H,5-6,11-15H2,1H3. The highest BCUT2D eigenvalue weighted by molar-refractivity contribution is 5.20. The summed E-state index contributed by atoms with van der Waals surface area (Å²) in [5, 5.41) is 0. The topological polar surface area (TPSA) is 47.5 Å². The van der Waals surface area contributed by atoms with E-state index in [2.05, 4.69) is 16.9 Å². The molecule has 0 spiro atoms. The first-order valence-corrected chi connectivity index (χ1v) is 8.57. The second kappa shape index (κ2) is 8.76. The van der Waals surface area contributed by atoms with E-state index in [1.54, 1.807) is 0 Å². The predicted molar refractivity (Wildman–Crippen MR) is 93.1 cm³/mol. The summed E-state index contributed by atoms with van der Waals surface area (Å²) < 4.78 is 11.3. The SMILES string of the molecule is CN(CCOc1ccccc1)Cc1ccnc(C2CCCOC2)n1. The first-order chi connectivity index (χ1) is 11.8. The number of benzene rings is 1. The van der Waals surface area contributed by atoms with Gasteiger partial charge in [0.1, 0.15) is 18.2 Å². The molecule has 1 aliphatic rings. The molecule has 2 heterocycles. The summed E-state index contributed by atoms with van der Waals surface area (Å²) in [7, 11) is 2.08. The Bertz CT molecular complexity index is 615. The summed E-state index contributed by atoms with van der Waals surface area (Å²) in [5.74, 6) is 2.17. The van der Waals surface area contributed by atoms with Crippen molar-refractivity contribution in [2.75, 3.05) is 33.4 Å². The molecule has 5 nitrogen and oxygen atoms in total. The third-order valence-corrected chi connectivity index (χ3v) is 4.17. The monoisotopic (exact) mass is 327 g/mol. The number of para-hydroxylation sites is 1. The van der Waals surface area contributed by atoms with Crippen molar-refractivity contribution in [1.82, 2.24) is 14.9 Å². The van der Waals surface area contributed by atoms with Gasteiger partial charge in [0.25, 0.3) is 0 Å². The van der Waals surface area contributed by atoms with Gasteiger partial charge in [0.15, 0.2) is 0 Å². The van der Waals surface area contributed by atoms with Gasteiger partial charge >= 0.3 is 0 Å². The molecule has 5 heteroatoms. The second-order valence-electron chi connectivity index (χ2n) is 6.22. The number of likely N-dealkylation sites (N-methyl/N-ethyl adjacent to an activating group) is 1. The van der Waals surface area contributed by atoms with Gasteiger partial charge in [0.05, 0.1) is 12.3 Å². The molecule has 0 bridgehead atoms. The van der Waals surface area contributed by atoms with Crippen LogP contribution in [0.4, 0.5) is 0 Å². The number of hydrogen-bond donors (Lipinski definition) is 0. The Labute approximate surface area is 143 Å². The Balaban J connectivity index is 1.48. The fourth-order valence-electron chi connectivity index (χ4n) is 2.83. The molecule has 2 aromatic rings. The van der Waals surface area contributed by atoms with E-state index in [0.29, 0.717) is 12.5 Å². The van der Waals surface area contributed by atoms with Crippen molar-refractivity contribution in [2.24, 2.45) is 0 Å². The largest absolute Gasteiger partial charge is 0.492 e. The van der Waals surface area contributed by atoms with E-state index >= 15 is 0 Å². The zero-order valence-electron chi connectivity index (χ0n) is 14.2. The first-order valence-electron chi connectivity index (χ1n) is 8.57. The Morgan fingerprint density at radius 1 is 1.25 bits per heavy atom. The number of aromatic nitrogens is 2. The third-order valence-electron chi connectivity index (χ3n) is 4.17. The highest BCUT2D eigenvalue weighted by atomic mass is 16.5. The van der Waals surface area contributed by atoms with E-state index in [0.717, 1.165) is 56.4 Å². The van der Waals surface area contributed by atoms with E-state index in [4.69, 9.17) is 14.5 Å². The van der Waals surface area contributed by atoms with Crippen LogP contribution in [0.15, 0.2) is 42.6 Å². The molecule has 128 valence electrons. The minimum absolute atomic E-state index is 0.338. The molecular formula is C19H25N3O2. The van der Waals surface area contributed by atoms with Gasteiger partial charge in [-0.2, -0.15) is 0 Å². The van der Waals surface area contributed by atoms with Crippen LogP contribution in [0.1, 0.15) is 30.3 Å². The molecule has 0 saturated carbocycles. The smallest absolute Gasteiger partial charge is 0.133 e. The quantitative estimate of drug-likeness (QED) is 0.782. The van der Waals surface area contributed by atoms with E-state index in [-0.39, 0.29) is 0 Å². The van der Waals surface area contributed by atoms with E-state index in [1.807, 2.05) is 42.6 Å². The summed E-state index contributed by atoms with van der Waals surface area (Å²) in [5.41, 5.74) is 1.05. The normalized spacial score (nSPS) is 17.8. The maximum Gasteiger partial charge on any atom is 0.133 e. The third kappa shape index (κ3) is 5.01. The summed E-state index contributed by atoms with van der Waals surface area (Å²) in [6.07, 6.45) is 4.07. The number of rotatable bonds is 7. The first kappa shape index (κ1) is 16.9. The average molecular weight is 327 g/mol. The molecule has 0 aliphatic carbocycles. The molecule has 24 heavy (non-hydrogen) atoms. The molecule has 1 fully saturated rings. The van der Waals surface area contributed by atoms with Crippen LogP contribution in [0.2, 0.25) is 0 Å². The lowest BCUT2D eigenvalue weighted by Gasteiger charge is -2.21. The highest BCUT2D eigenvalue weighted by Gasteiger charge is 2.19. The van der Waals surface area contributed by atoms with E-state index in [1.165, 1.54) is 0 Å². The minimum Gasteiger partial charge on any atom is -0.492 e. The summed E-state index contributed by atoms with van der Waals surface area (Å²) in [6.45, 7) is 3.90. The molecule has 1 saturated heterocycles. The van der Waals surface area contributed by atoms with Crippen LogP contribution in [-0.2, 0) is 11.3 Å². The van der Waals surface area contributed by atoms with Crippen molar-refractivity contribution in [3.63, 3.8) is 0 Å². The zero-order valence-corrected chi connectivity index (χ0v) is 14.2. The van der Waals surface area contributed by atoms with Crippen LogP contribution < -0.4 is 4.74 Å². The predicted octanol–water partition coefficient (Wildman–Crippen LogP) is 2.88. The molecule has 0 radical (unpaired) electrons. The molecule has 1 aliphatic heterocycles. The number of nitrogens with zero attached hydrogens (tertiary/aromatic N) is 3. The van der Waals surface area contributed by atoms with Gasteiger partial charge in [0.2, 0.25) is 0 Å². The minimum atomic E-state index is 0.338. The fraction of sp³-hybridized carbons (Fsp3) is 0.474. The number of hydrogen-bond acceptors (Lipinski definition) is 5. The van der Waals surface area contributed by atoms with Gasteiger partial charge in [-0.3, -0.25) is 4.90 Å². The molecule has 0 N–H and O–H groups in total. The van der Waals surface area contributed by atoms with Crippen LogP contribution >= 0.6 is 0 Å². The maximum absolute atomic E-state index is 5.74. The highest BCUT2D eigenvalue weighted by Crippen LogP contribution is 2.22. The Kier molecular flexibility index (Phi) is 6.15. The van der Waals surface area contributed by atoms with Crippen molar-refractivity contribution in [3.05, 3.63) is 54.1 Å². The van der Waals surface area contributed by atoms with Crippen molar-refractivity contribution in [3.8, 4) is 5.75 Å². The summed E-state index contributed by atoms with van der Waals surface area (Å²) in [6, 6.07) is 11.9. The van der Waals surface area contributed by atoms with Gasteiger partial charge in [0, 0.05) is 31.8 Å². The lowest BCUT2D eigenvalue weighted by Crippen LogP contribution is -2.25. The molecule has 3 rings (SSSR count). The average Bonchev–Trinajstić information content (AvgIpc) is 2.63. The van der Waals surface area contributed by atoms with Crippen molar-refractivity contribution < 1.29 is 9.47 Å². The second-order valence-corrected chi connectivity index (χ2v) is 6.22. The molecule has 1 atom stereocenters. The van der Waals surface area contributed by atoms with Gasteiger partial charge in [-0.25, -0.2) is 9.97 Å². The van der Waals surface area contributed by atoms with Crippen LogP contribution in [0.3, 0.4) is 0 Å². The van der Waals surface area contributed by atoms with Crippen molar-refractivity contribution >= 4 is 0 Å². The Morgan fingerprint density at radius 2 is 2.12 bits per heavy atom. The zero-order chi connectivity index (χ0) is 16.6. The van der Waals surface area contributed by atoms with E-state index in [9.17, 15) is 0 Å². The van der Waals surface area contributed by atoms with E-state index < -0.39 is 0 Å². The van der Waals surface area contributed by atoms with Crippen molar-refractivity contribution in [2.45, 2.75) is 25.3 Å². The molecule has 0 amide bonds. The fourth-order valence-corrected chi connectivity index (χ4v) is 2.83. The lowest BCUT2D eigenvalue weighted by molar-refractivity contribution is 0.0779. The lowest BCUT2D eigenvalue weighted by atomic mass is 10.0. The Morgan fingerprint density at radius 3 is 2.92 bits per heavy atom. The van der Waals surface area contributed by atoms with Crippen LogP contribution in [-0.4, -0.2) is 48.3 Å². The van der Waals surface area contributed by atoms with Crippen LogP contribution in [0, 0.1) is 0 Å². The summed E-state index contributed by atoms with van der Waals surface area (Å²) in [4.78, 5) is 11.4. The van der Waals surface area contributed by atoms with Gasteiger partial charge in [-0.05, 0) is 38.1 Å². The van der Waals surface area contributed by atoms with Gasteiger partial charge < -0.3 is 9.47 Å². The van der Waals surface area contributed by atoms with Crippen LogP contribution in [0.25, 0.3) is 0 Å². The van der Waals surface area contributed by atoms with Gasteiger partial charge in [-0.1, -0.05) is 18.2 Å². The summed E-state index contributed by atoms with van der Waals surface area (Å²) >= 11 is 0. The van der Waals surface area contributed by atoms with Crippen molar-refractivity contribution in [1.29, 1.82) is 0 Å².